The zero-order valence-corrected chi connectivity index (χ0v) is 17.9. The van der Waals surface area contributed by atoms with E-state index in [0.717, 1.165) is 21.6 Å². The van der Waals surface area contributed by atoms with Crippen molar-refractivity contribution >= 4 is 33.5 Å². The predicted molar refractivity (Wildman–Crippen MR) is 115 cm³/mol. The maximum absolute atomic E-state index is 12.4. The summed E-state index contributed by atoms with van der Waals surface area (Å²) in [5.74, 6) is 2.02. The van der Waals surface area contributed by atoms with Gasteiger partial charge in [-0.25, -0.2) is 0 Å². The number of benzene rings is 2. The minimum atomic E-state index is 0.0577. The van der Waals surface area contributed by atoms with Gasteiger partial charge in [-0.15, -0.1) is 16.8 Å². The number of carbonyl (C=O) groups excluding carboxylic acids is 1. The molecular weight excluding hydrogens is 438 g/mol. The second-order valence-electron chi connectivity index (χ2n) is 6.04. The van der Waals surface area contributed by atoms with Crippen LogP contribution in [0.15, 0.2) is 70.8 Å². The van der Waals surface area contributed by atoms with Crippen LogP contribution in [-0.4, -0.2) is 33.4 Å². The van der Waals surface area contributed by atoms with Crippen LogP contribution in [0.25, 0.3) is 0 Å². The lowest BCUT2D eigenvalue weighted by Crippen LogP contribution is -2.07. The minimum absolute atomic E-state index is 0.0577. The van der Waals surface area contributed by atoms with Crippen LogP contribution in [0.2, 0.25) is 0 Å². The summed E-state index contributed by atoms with van der Waals surface area (Å²) >= 11 is 4.77. The predicted octanol–water partition coefficient (Wildman–Crippen LogP) is 4.80. The Kier molecular flexibility index (Phi) is 7.06. The van der Waals surface area contributed by atoms with E-state index in [9.17, 15) is 4.79 Å². The Morgan fingerprint density at radius 2 is 1.89 bits per heavy atom. The summed E-state index contributed by atoms with van der Waals surface area (Å²) in [6.07, 6.45) is 2.45. The standard InChI is InChI=1S/C21H20BrN3O2S/c1-3-12-25-20(13-15-4-10-18(27-2)11-5-15)23-24-21(25)28-14-19(26)16-6-8-17(22)9-7-16/h3-11H,1,12-14H2,2H3. The van der Waals surface area contributed by atoms with Gasteiger partial charge in [-0.05, 0) is 29.8 Å². The van der Waals surface area contributed by atoms with E-state index in [1.807, 2.05) is 59.2 Å². The summed E-state index contributed by atoms with van der Waals surface area (Å²) in [6.45, 7) is 4.42. The summed E-state index contributed by atoms with van der Waals surface area (Å²) in [4.78, 5) is 12.4. The Morgan fingerprint density at radius 1 is 1.18 bits per heavy atom. The van der Waals surface area contributed by atoms with Gasteiger partial charge in [0.15, 0.2) is 10.9 Å². The molecule has 1 heterocycles. The smallest absolute Gasteiger partial charge is 0.191 e. The Morgan fingerprint density at radius 3 is 2.54 bits per heavy atom. The van der Waals surface area contributed by atoms with Crippen molar-refractivity contribution in [1.29, 1.82) is 0 Å². The van der Waals surface area contributed by atoms with E-state index >= 15 is 0 Å². The number of nitrogens with zero attached hydrogens (tertiary/aromatic N) is 3. The van der Waals surface area contributed by atoms with Crippen molar-refractivity contribution in [2.45, 2.75) is 18.1 Å². The molecule has 144 valence electrons. The van der Waals surface area contributed by atoms with Gasteiger partial charge in [0.05, 0.1) is 12.9 Å². The van der Waals surface area contributed by atoms with Crippen LogP contribution < -0.4 is 4.74 Å². The Hall–Kier alpha value is -2.38. The van der Waals surface area contributed by atoms with Crippen molar-refractivity contribution in [2.24, 2.45) is 0 Å². The van der Waals surface area contributed by atoms with Gasteiger partial charge < -0.3 is 9.30 Å². The van der Waals surface area contributed by atoms with Gasteiger partial charge in [0.25, 0.3) is 0 Å². The third kappa shape index (κ3) is 5.11. The molecule has 0 N–H and O–H groups in total. The molecule has 0 saturated carbocycles. The third-order valence-corrected chi connectivity index (χ3v) is 5.62. The van der Waals surface area contributed by atoms with Crippen LogP contribution in [0, 0.1) is 0 Å². The maximum atomic E-state index is 12.4. The Bertz CT molecular complexity index is 953. The molecule has 0 radical (unpaired) electrons. The minimum Gasteiger partial charge on any atom is -0.497 e. The Balaban J connectivity index is 1.71. The summed E-state index contributed by atoms with van der Waals surface area (Å²) in [5, 5.41) is 9.34. The molecule has 3 aromatic rings. The first kappa shape index (κ1) is 20.4. The highest BCUT2D eigenvalue weighted by Gasteiger charge is 2.15. The Labute approximate surface area is 177 Å². The first-order chi connectivity index (χ1) is 13.6. The van der Waals surface area contributed by atoms with Gasteiger partial charge in [-0.3, -0.25) is 4.79 Å². The zero-order valence-electron chi connectivity index (χ0n) is 15.5. The fourth-order valence-electron chi connectivity index (χ4n) is 2.64. The van der Waals surface area contributed by atoms with Crippen molar-refractivity contribution in [3.05, 3.63) is 82.6 Å². The molecule has 0 unspecified atom stereocenters. The molecule has 0 fully saturated rings. The van der Waals surface area contributed by atoms with Gasteiger partial charge in [-0.1, -0.05) is 58.0 Å². The van der Waals surface area contributed by atoms with E-state index in [-0.39, 0.29) is 5.78 Å². The second-order valence-corrected chi connectivity index (χ2v) is 7.90. The normalized spacial score (nSPS) is 10.6. The van der Waals surface area contributed by atoms with Crippen LogP contribution in [0.4, 0.5) is 0 Å². The number of thioether (sulfide) groups is 1. The topological polar surface area (TPSA) is 57.0 Å². The van der Waals surface area contributed by atoms with Crippen LogP contribution in [0.5, 0.6) is 5.75 Å². The highest BCUT2D eigenvalue weighted by Crippen LogP contribution is 2.21. The molecule has 28 heavy (non-hydrogen) atoms. The van der Waals surface area contributed by atoms with Gasteiger partial charge in [-0.2, -0.15) is 0 Å². The molecule has 0 aliphatic rings. The van der Waals surface area contributed by atoms with Gasteiger partial charge in [0, 0.05) is 23.0 Å². The molecular formula is C21H20BrN3O2S. The molecule has 5 nitrogen and oxygen atoms in total. The van der Waals surface area contributed by atoms with Crippen molar-refractivity contribution < 1.29 is 9.53 Å². The van der Waals surface area contributed by atoms with E-state index in [1.54, 1.807) is 7.11 Å². The van der Waals surface area contributed by atoms with E-state index in [0.29, 0.717) is 29.4 Å². The number of hydrogen-bond acceptors (Lipinski definition) is 5. The van der Waals surface area contributed by atoms with E-state index in [2.05, 4.69) is 32.7 Å². The molecule has 0 bridgehead atoms. The summed E-state index contributed by atoms with van der Waals surface area (Å²) < 4.78 is 8.15. The van der Waals surface area contributed by atoms with E-state index in [1.165, 1.54) is 11.8 Å². The lowest BCUT2D eigenvalue weighted by molar-refractivity contribution is 0.102. The number of halogens is 1. The molecule has 3 rings (SSSR count). The molecule has 1 aromatic heterocycles. The fraction of sp³-hybridized carbons (Fsp3) is 0.190. The lowest BCUT2D eigenvalue weighted by atomic mass is 10.1. The number of aromatic nitrogens is 3. The largest absolute Gasteiger partial charge is 0.497 e. The average Bonchev–Trinajstić information content (AvgIpc) is 3.09. The molecule has 2 aromatic carbocycles. The van der Waals surface area contributed by atoms with Crippen LogP contribution in [-0.2, 0) is 13.0 Å². The van der Waals surface area contributed by atoms with E-state index in [4.69, 9.17) is 4.74 Å². The monoisotopic (exact) mass is 457 g/mol. The molecule has 0 spiro atoms. The summed E-state index contributed by atoms with van der Waals surface area (Å²) in [5.41, 5.74) is 1.80. The number of rotatable bonds is 9. The van der Waals surface area contributed by atoms with Gasteiger partial charge in [0.1, 0.15) is 11.6 Å². The number of Topliss-reactive ketones (excluding diaryl/α,β-unsaturated/α-hetero) is 1. The first-order valence-corrected chi connectivity index (χ1v) is 10.5. The number of allylic oxidation sites excluding steroid dienone is 1. The third-order valence-electron chi connectivity index (χ3n) is 4.12. The second kappa shape index (κ2) is 9.71. The lowest BCUT2D eigenvalue weighted by Gasteiger charge is -2.08. The number of ether oxygens (including phenoxy) is 1. The summed E-state index contributed by atoms with van der Waals surface area (Å²) in [6, 6.07) is 15.2. The quantitative estimate of drug-likeness (QED) is 0.262. The van der Waals surface area contributed by atoms with Crippen LogP contribution >= 0.6 is 27.7 Å². The van der Waals surface area contributed by atoms with Crippen LogP contribution in [0.1, 0.15) is 21.7 Å². The van der Waals surface area contributed by atoms with Crippen molar-refractivity contribution in [1.82, 2.24) is 14.8 Å². The molecule has 0 aliphatic heterocycles. The highest BCUT2D eigenvalue weighted by molar-refractivity contribution is 9.10. The zero-order chi connectivity index (χ0) is 19.9. The first-order valence-electron chi connectivity index (χ1n) is 8.68. The molecule has 0 atom stereocenters. The van der Waals surface area contributed by atoms with Gasteiger partial charge in [0.2, 0.25) is 0 Å². The van der Waals surface area contributed by atoms with Crippen molar-refractivity contribution in [2.75, 3.05) is 12.9 Å². The number of ketones is 1. The fourth-order valence-corrected chi connectivity index (χ4v) is 3.77. The van der Waals surface area contributed by atoms with E-state index < -0.39 is 0 Å². The number of hydrogen-bond donors (Lipinski definition) is 0. The highest BCUT2D eigenvalue weighted by atomic mass is 79.9. The molecule has 0 aliphatic carbocycles. The maximum Gasteiger partial charge on any atom is 0.191 e. The van der Waals surface area contributed by atoms with Crippen molar-refractivity contribution in [3.8, 4) is 5.75 Å². The molecule has 0 amide bonds. The van der Waals surface area contributed by atoms with Crippen molar-refractivity contribution in [3.63, 3.8) is 0 Å². The molecule has 0 saturated heterocycles. The summed E-state index contributed by atoms with van der Waals surface area (Å²) in [7, 11) is 1.65. The molecule has 7 heteroatoms. The van der Waals surface area contributed by atoms with Gasteiger partial charge >= 0.3 is 0 Å². The average molecular weight is 458 g/mol. The van der Waals surface area contributed by atoms with Crippen LogP contribution in [0.3, 0.4) is 0 Å². The number of carbonyl (C=O) groups is 1. The SMILES string of the molecule is C=CCn1c(Cc2ccc(OC)cc2)nnc1SCC(=O)c1ccc(Br)cc1. The number of methoxy groups -OCH3 is 1.